The van der Waals surface area contributed by atoms with Crippen LogP contribution in [0.5, 0.6) is 0 Å². The van der Waals surface area contributed by atoms with E-state index in [2.05, 4.69) is 17.2 Å². The summed E-state index contributed by atoms with van der Waals surface area (Å²) in [4.78, 5) is 18.7. The first kappa shape index (κ1) is 12.9. The molecule has 1 atom stereocenters. The predicted octanol–water partition coefficient (Wildman–Crippen LogP) is 2.53. The largest absolute Gasteiger partial charge is 0.383 e. The van der Waals surface area contributed by atoms with Crippen LogP contribution in [0, 0.1) is 0 Å². The normalized spacial score (nSPS) is 19.0. The topological polar surface area (TPSA) is 45.2 Å². The van der Waals surface area contributed by atoms with E-state index in [4.69, 9.17) is 0 Å². The lowest BCUT2D eigenvalue weighted by Gasteiger charge is -2.24. The minimum absolute atomic E-state index is 0.137. The predicted molar refractivity (Wildman–Crippen MR) is 72.8 cm³/mol. The highest BCUT2D eigenvalue weighted by molar-refractivity contribution is 5.99. The molecule has 4 nitrogen and oxygen atoms in total. The average molecular weight is 247 g/mol. The van der Waals surface area contributed by atoms with Crippen molar-refractivity contribution >= 4 is 11.6 Å². The number of likely N-dealkylation sites (tertiary alicyclic amines) is 1. The van der Waals surface area contributed by atoms with Crippen LogP contribution in [0.3, 0.4) is 0 Å². The van der Waals surface area contributed by atoms with E-state index in [-0.39, 0.29) is 5.91 Å². The molecule has 1 aliphatic rings. The average Bonchev–Trinajstić information content (AvgIpc) is 2.87. The van der Waals surface area contributed by atoms with Gasteiger partial charge < -0.3 is 10.2 Å². The Labute approximate surface area is 108 Å². The lowest BCUT2D eigenvalue weighted by atomic mass is 10.1. The van der Waals surface area contributed by atoms with Crippen LogP contribution in [-0.2, 0) is 0 Å². The second kappa shape index (κ2) is 5.85. The monoisotopic (exact) mass is 247 g/mol. The van der Waals surface area contributed by atoms with E-state index in [1.807, 2.05) is 17.9 Å². The molecule has 1 aliphatic heterocycles. The molecule has 1 fully saturated rings. The van der Waals surface area contributed by atoms with Gasteiger partial charge in [-0.15, -0.1) is 0 Å². The Bertz CT molecular complexity index is 419. The number of aromatic nitrogens is 1. The number of pyridine rings is 1. The minimum atomic E-state index is 0.137. The Morgan fingerprint density at radius 2 is 2.39 bits per heavy atom. The number of hydrogen-bond donors (Lipinski definition) is 1. The summed E-state index contributed by atoms with van der Waals surface area (Å²) in [6, 6.07) is 2.21. The molecule has 1 N–H and O–H groups in total. The number of carbonyl (C=O) groups excluding carboxylic acids is 1. The van der Waals surface area contributed by atoms with Gasteiger partial charge >= 0.3 is 0 Å². The maximum Gasteiger partial charge on any atom is 0.256 e. The van der Waals surface area contributed by atoms with Crippen LogP contribution in [0.1, 0.15) is 43.5 Å². The van der Waals surface area contributed by atoms with E-state index >= 15 is 0 Å². The Hall–Kier alpha value is -1.58. The molecule has 1 aromatic heterocycles. The van der Waals surface area contributed by atoms with Crippen LogP contribution in [0.15, 0.2) is 18.5 Å². The van der Waals surface area contributed by atoms with Crippen molar-refractivity contribution in [1.82, 2.24) is 9.88 Å². The van der Waals surface area contributed by atoms with Crippen molar-refractivity contribution in [2.75, 3.05) is 18.4 Å². The highest BCUT2D eigenvalue weighted by Crippen LogP contribution is 2.24. The van der Waals surface area contributed by atoms with Gasteiger partial charge in [0.2, 0.25) is 0 Å². The standard InChI is InChI=1S/C14H21N3O/c1-3-11-6-5-9-17(11)14(18)12-7-8-15-10-13(12)16-4-2/h7-8,10-11,16H,3-6,9H2,1-2H3. The number of anilines is 1. The Kier molecular flexibility index (Phi) is 4.18. The van der Waals surface area contributed by atoms with Gasteiger partial charge in [0.05, 0.1) is 17.4 Å². The Morgan fingerprint density at radius 3 is 3.11 bits per heavy atom. The highest BCUT2D eigenvalue weighted by Gasteiger charge is 2.29. The number of hydrogen-bond acceptors (Lipinski definition) is 3. The van der Waals surface area contributed by atoms with Gasteiger partial charge in [0.15, 0.2) is 0 Å². The first-order valence-corrected chi connectivity index (χ1v) is 6.76. The second-order valence-electron chi connectivity index (χ2n) is 4.65. The van der Waals surface area contributed by atoms with Gasteiger partial charge in [-0.2, -0.15) is 0 Å². The maximum absolute atomic E-state index is 12.6. The fourth-order valence-electron chi connectivity index (χ4n) is 2.59. The zero-order chi connectivity index (χ0) is 13.0. The van der Waals surface area contributed by atoms with Crippen molar-refractivity contribution in [3.8, 4) is 0 Å². The number of amides is 1. The lowest BCUT2D eigenvalue weighted by molar-refractivity contribution is 0.0734. The second-order valence-corrected chi connectivity index (χ2v) is 4.65. The van der Waals surface area contributed by atoms with E-state index in [1.165, 1.54) is 0 Å². The van der Waals surface area contributed by atoms with Gasteiger partial charge in [0.1, 0.15) is 0 Å². The summed E-state index contributed by atoms with van der Waals surface area (Å²) in [5.41, 5.74) is 1.58. The molecule has 0 aromatic carbocycles. The van der Waals surface area contributed by atoms with Crippen molar-refractivity contribution < 1.29 is 4.79 Å². The first-order chi connectivity index (χ1) is 8.77. The third kappa shape index (κ3) is 2.47. The molecule has 0 saturated carbocycles. The minimum Gasteiger partial charge on any atom is -0.383 e. The smallest absolute Gasteiger partial charge is 0.256 e. The van der Waals surface area contributed by atoms with Gasteiger partial charge in [-0.25, -0.2) is 0 Å². The molecular weight excluding hydrogens is 226 g/mol. The van der Waals surface area contributed by atoms with Gasteiger partial charge in [-0.05, 0) is 32.3 Å². The van der Waals surface area contributed by atoms with Crippen LogP contribution in [-0.4, -0.2) is 34.9 Å². The summed E-state index contributed by atoms with van der Waals surface area (Å²) in [7, 11) is 0. The van der Waals surface area contributed by atoms with E-state index in [0.717, 1.165) is 43.6 Å². The van der Waals surface area contributed by atoms with Gasteiger partial charge in [0, 0.05) is 25.3 Å². The molecule has 0 aliphatic carbocycles. The summed E-state index contributed by atoms with van der Waals surface area (Å²) in [5.74, 6) is 0.137. The van der Waals surface area contributed by atoms with Crippen molar-refractivity contribution in [2.24, 2.45) is 0 Å². The summed E-state index contributed by atoms with van der Waals surface area (Å²) in [5, 5.41) is 3.20. The third-order valence-corrected chi connectivity index (χ3v) is 3.53. The Morgan fingerprint density at radius 1 is 1.56 bits per heavy atom. The molecule has 2 heterocycles. The summed E-state index contributed by atoms with van der Waals surface area (Å²) in [6.07, 6.45) is 6.70. The molecule has 98 valence electrons. The van der Waals surface area contributed by atoms with Crippen LogP contribution < -0.4 is 5.32 Å². The first-order valence-electron chi connectivity index (χ1n) is 6.76. The molecule has 1 saturated heterocycles. The molecular formula is C14H21N3O. The van der Waals surface area contributed by atoms with E-state index in [0.29, 0.717) is 6.04 Å². The molecule has 1 amide bonds. The molecule has 0 radical (unpaired) electrons. The number of rotatable bonds is 4. The molecule has 4 heteroatoms. The van der Waals surface area contributed by atoms with Crippen molar-refractivity contribution in [1.29, 1.82) is 0 Å². The molecule has 1 unspecified atom stereocenters. The molecule has 18 heavy (non-hydrogen) atoms. The maximum atomic E-state index is 12.6. The zero-order valence-electron chi connectivity index (χ0n) is 11.1. The van der Waals surface area contributed by atoms with Crippen molar-refractivity contribution in [3.63, 3.8) is 0 Å². The fraction of sp³-hybridized carbons (Fsp3) is 0.571. The molecule has 0 bridgehead atoms. The number of nitrogens with one attached hydrogen (secondary N) is 1. The van der Waals surface area contributed by atoms with Crippen molar-refractivity contribution in [2.45, 2.75) is 39.2 Å². The molecule has 2 rings (SSSR count). The van der Waals surface area contributed by atoms with Crippen LogP contribution >= 0.6 is 0 Å². The van der Waals surface area contributed by atoms with E-state index in [9.17, 15) is 4.79 Å². The van der Waals surface area contributed by atoms with Crippen LogP contribution in [0.2, 0.25) is 0 Å². The summed E-state index contributed by atoms with van der Waals surface area (Å²) in [6.45, 7) is 5.84. The SMILES string of the molecule is CCNc1cnccc1C(=O)N1CCCC1CC. The van der Waals surface area contributed by atoms with Gasteiger partial charge in [0.25, 0.3) is 5.91 Å². The lowest BCUT2D eigenvalue weighted by Crippen LogP contribution is -2.35. The highest BCUT2D eigenvalue weighted by atomic mass is 16.2. The molecule has 1 aromatic rings. The van der Waals surface area contributed by atoms with Crippen molar-refractivity contribution in [3.05, 3.63) is 24.0 Å². The van der Waals surface area contributed by atoms with Gasteiger partial charge in [-0.3, -0.25) is 9.78 Å². The van der Waals surface area contributed by atoms with E-state index < -0.39 is 0 Å². The summed E-state index contributed by atoms with van der Waals surface area (Å²) >= 11 is 0. The quantitative estimate of drug-likeness (QED) is 0.889. The number of nitrogens with zero attached hydrogens (tertiary/aromatic N) is 2. The third-order valence-electron chi connectivity index (χ3n) is 3.53. The van der Waals surface area contributed by atoms with Gasteiger partial charge in [-0.1, -0.05) is 6.92 Å². The Balaban J connectivity index is 2.22. The van der Waals surface area contributed by atoms with Crippen LogP contribution in [0.25, 0.3) is 0 Å². The van der Waals surface area contributed by atoms with Crippen LogP contribution in [0.4, 0.5) is 5.69 Å². The fourth-order valence-corrected chi connectivity index (χ4v) is 2.59. The number of carbonyl (C=O) groups is 1. The molecule has 0 spiro atoms. The zero-order valence-corrected chi connectivity index (χ0v) is 11.1. The van der Waals surface area contributed by atoms with E-state index in [1.54, 1.807) is 12.4 Å². The summed E-state index contributed by atoms with van der Waals surface area (Å²) < 4.78 is 0.